The molecule has 0 N–H and O–H groups in total. The smallest absolute Gasteiger partial charge is 0.164 e. The molecule has 15 heavy (non-hydrogen) atoms. The average Bonchev–Trinajstić information content (AvgIpc) is 2.27. The summed E-state index contributed by atoms with van der Waals surface area (Å²) in [5, 5.41) is 0.629. The van der Waals surface area contributed by atoms with E-state index in [0.29, 0.717) is 22.8 Å². The summed E-state index contributed by atoms with van der Waals surface area (Å²) in [6.45, 7) is 2.00. The number of carbonyl (C=O) groups is 1. The Morgan fingerprint density at radius 2 is 2.27 bits per heavy atom. The van der Waals surface area contributed by atoms with Crippen molar-refractivity contribution in [3.8, 4) is 0 Å². The lowest BCUT2D eigenvalue weighted by Crippen LogP contribution is -2.05. The summed E-state index contributed by atoms with van der Waals surface area (Å²) in [5.41, 5.74) is 1.23. The molecule has 0 saturated carbocycles. The van der Waals surface area contributed by atoms with Crippen LogP contribution in [0.1, 0.15) is 29.3 Å². The van der Waals surface area contributed by atoms with E-state index in [2.05, 4.69) is 0 Å². The summed E-state index contributed by atoms with van der Waals surface area (Å²) in [5.74, 6) is 0.233. The molecule has 0 saturated heterocycles. The number of thioether (sulfide) groups is 1. The second-order valence-electron chi connectivity index (χ2n) is 3.66. The highest BCUT2D eigenvalue weighted by molar-refractivity contribution is 7.99. The first-order chi connectivity index (χ1) is 7.08. The van der Waals surface area contributed by atoms with Gasteiger partial charge < -0.3 is 0 Å². The van der Waals surface area contributed by atoms with Crippen molar-refractivity contribution < 1.29 is 9.18 Å². The highest BCUT2D eigenvalue weighted by Crippen LogP contribution is 2.33. The number of hydrogen-bond acceptors (Lipinski definition) is 2. The Morgan fingerprint density at radius 3 is 3.00 bits per heavy atom. The Kier molecular flexibility index (Phi) is 3.03. The third-order valence-electron chi connectivity index (χ3n) is 2.45. The van der Waals surface area contributed by atoms with Crippen molar-refractivity contribution in [2.75, 3.05) is 0 Å². The van der Waals surface area contributed by atoms with Crippen LogP contribution in [0.5, 0.6) is 0 Å². The fraction of sp³-hybridized carbons (Fsp3) is 0.364. The molecule has 0 radical (unpaired) electrons. The van der Waals surface area contributed by atoms with Crippen LogP contribution >= 0.6 is 23.4 Å². The molecular weight excluding hydrogens is 235 g/mol. The zero-order valence-corrected chi connectivity index (χ0v) is 9.79. The predicted octanol–water partition coefficient (Wildman–Crippen LogP) is 3.69. The number of halogens is 2. The van der Waals surface area contributed by atoms with E-state index in [0.717, 1.165) is 5.56 Å². The third-order valence-corrected chi connectivity index (χ3v) is 3.97. The van der Waals surface area contributed by atoms with Gasteiger partial charge in [-0.2, -0.15) is 11.8 Å². The largest absolute Gasteiger partial charge is 0.294 e. The van der Waals surface area contributed by atoms with Gasteiger partial charge in [0.15, 0.2) is 5.78 Å². The molecule has 1 aliphatic rings. The molecule has 0 bridgehead atoms. The summed E-state index contributed by atoms with van der Waals surface area (Å²) < 4.78 is 13.1. The second-order valence-corrected chi connectivity index (χ2v) is 5.50. The maximum absolute atomic E-state index is 13.1. The zero-order chi connectivity index (χ0) is 11.0. The van der Waals surface area contributed by atoms with Crippen LogP contribution in [0, 0.1) is 5.82 Å². The minimum Gasteiger partial charge on any atom is -0.294 e. The van der Waals surface area contributed by atoms with Crippen LogP contribution in [0.4, 0.5) is 4.39 Å². The molecule has 1 aromatic carbocycles. The van der Waals surface area contributed by atoms with E-state index in [9.17, 15) is 9.18 Å². The van der Waals surface area contributed by atoms with Crippen molar-refractivity contribution in [2.24, 2.45) is 0 Å². The number of ketones is 1. The van der Waals surface area contributed by atoms with Crippen LogP contribution in [0.3, 0.4) is 0 Å². The highest BCUT2D eigenvalue weighted by Gasteiger charge is 2.22. The summed E-state index contributed by atoms with van der Waals surface area (Å²) in [4.78, 5) is 11.8. The van der Waals surface area contributed by atoms with Crippen LogP contribution in [0.25, 0.3) is 0 Å². The average molecular weight is 245 g/mol. The fourth-order valence-corrected chi connectivity index (χ4v) is 3.04. The maximum Gasteiger partial charge on any atom is 0.164 e. The number of rotatable bonds is 0. The minimum atomic E-state index is -0.438. The van der Waals surface area contributed by atoms with E-state index in [-0.39, 0.29) is 11.0 Å². The van der Waals surface area contributed by atoms with Crippen molar-refractivity contribution in [2.45, 2.75) is 24.3 Å². The van der Waals surface area contributed by atoms with E-state index in [1.165, 1.54) is 12.1 Å². The van der Waals surface area contributed by atoms with E-state index >= 15 is 0 Å². The molecule has 0 fully saturated rings. The lowest BCUT2D eigenvalue weighted by molar-refractivity contribution is 0.0983. The first kappa shape index (κ1) is 11.0. The summed E-state index contributed by atoms with van der Waals surface area (Å²) in [6, 6.07) is 2.56. The van der Waals surface area contributed by atoms with Crippen LogP contribution in [0.15, 0.2) is 12.1 Å². The first-order valence-electron chi connectivity index (χ1n) is 4.70. The Hall–Kier alpha value is -0.540. The van der Waals surface area contributed by atoms with E-state index < -0.39 is 5.82 Å². The van der Waals surface area contributed by atoms with E-state index in [1.54, 1.807) is 11.8 Å². The molecule has 1 aromatic rings. The van der Waals surface area contributed by atoms with Gasteiger partial charge in [0, 0.05) is 28.0 Å². The number of fused-ring (bicyclic) bond motifs is 1. The molecule has 1 unspecified atom stereocenters. The molecule has 4 heteroatoms. The third kappa shape index (κ3) is 2.18. The Bertz CT molecular complexity index is 419. The SMILES string of the molecule is CC1CC(=O)c2cc(F)cc(Cl)c2CS1. The number of carbonyl (C=O) groups excluding carboxylic acids is 1. The van der Waals surface area contributed by atoms with Crippen molar-refractivity contribution in [3.05, 3.63) is 34.1 Å². The van der Waals surface area contributed by atoms with Crippen LogP contribution in [0.2, 0.25) is 5.02 Å². The van der Waals surface area contributed by atoms with Crippen LogP contribution < -0.4 is 0 Å². The molecule has 0 aliphatic carbocycles. The first-order valence-corrected chi connectivity index (χ1v) is 6.13. The summed E-state index contributed by atoms with van der Waals surface area (Å²) in [7, 11) is 0. The Labute approximate surface area is 97.0 Å². The van der Waals surface area contributed by atoms with E-state index in [4.69, 9.17) is 11.6 Å². The molecular formula is C11H10ClFOS. The van der Waals surface area contributed by atoms with Crippen molar-refractivity contribution in [1.29, 1.82) is 0 Å². The van der Waals surface area contributed by atoms with Crippen LogP contribution in [-0.2, 0) is 5.75 Å². The quantitative estimate of drug-likeness (QED) is 0.693. The number of hydrogen-bond donors (Lipinski definition) is 0. The molecule has 1 aliphatic heterocycles. The van der Waals surface area contributed by atoms with E-state index in [1.807, 2.05) is 6.92 Å². The molecule has 0 spiro atoms. The molecule has 0 aromatic heterocycles. The van der Waals surface area contributed by atoms with Gasteiger partial charge in [-0.15, -0.1) is 0 Å². The Balaban J connectivity index is 2.53. The van der Waals surface area contributed by atoms with Gasteiger partial charge in [-0.3, -0.25) is 4.79 Å². The van der Waals surface area contributed by atoms with Gasteiger partial charge in [-0.1, -0.05) is 18.5 Å². The monoisotopic (exact) mass is 244 g/mol. The molecule has 80 valence electrons. The predicted molar refractivity (Wildman–Crippen MR) is 61.1 cm³/mol. The van der Waals surface area contributed by atoms with Crippen molar-refractivity contribution in [3.63, 3.8) is 0 Å². The van der Waals surface area contributed by atoms with Gasteiger partial charge in [0.05, 0.1) is 0 Å². The topological polar surface area (TPSA) is 17.1 Å². The molecule has 1 atom stereocenters. The standard InChI is InChI=1S/C11H10ClFOS/c1-6-2-11(14)8-3-7(13)4-10(12)9(8)5-15-6/h3-4,6H,2,5H2,1H3. The van der Waals surface area contributed by atoms with Gasteiger partial charge in [-0.05, 0) is 17.7 Å². The van der Waals surface area contributed by atoms with Crippen molar-refractivity contribution in [1.82, 2.24) is 0 Å². The molecule has 1 nitrogen and oxygen atoms in total. The van der Waals surface area contributed by atoms with Gasteiger partial charge in [-0.25, -0.2) is 4.39 Å². The van der Waals surface area contributed by atoms with Crippen molar-refractivity contribution >= 4 is 29.1 Å². The molecule has 0 amide bonds. The minimum absolute atomic E-state index is 0.0103. The normalized spacial score (nSPS) is 21.0. The molecule has 2 rings (SSSR count). The fourth-order valence-electron chi connectivity index (χ4n) is 1.65. The maximum atomic E-state index is 13.1. The van der Waals surface area contributed by atoms with Gasteiger partial charge in [0.1, 0.15) is 5.82 Å². The lowest BCUT2D eigenvalue weighted by atomic mass is 10.0. The number of Topliss-reactive ketones (excluding diaryl/α,β-unsaturated/α-hetero) is 1. The zero-order valence-electron chi connectivity index (χ0n) is 8.22. The van der Waals surface area contributed by atoms with Gasteiger partial charge in [0.25, 0.3) is 0 Å². The lowest BCUT2D eigenvalue weighted by Gasteiger charge is -2.06. The van der Waals surface area contributed by atoms with Crippen LogP contribution in [-0.4, -0.2) is 11.0 Å². The number of benzene rings is 1. The summed E-state index contributed by atoms with van der Waals surface area (Å²) >= 11 is 7.61. The van der Waals surface area contributed by atoms with Gasteiger partial charge in [0.2, 0.25) is 0 Å². The molecule has 1 heterocycles. The summed E-state index contributed by atoms with van der Waals surface area (Å²) in [6.07, 6.45) is 0.456. The second kappa shape index (κ2) is 4.14. The Morgan fingerprint density at radius 1 is 1.53 bits per heavy atom. The highest BCUT2D eigenvalue weighted by atomic mass is 35.5. The van der Waals surface area contributed by atoms with Gasteiger partial charge >= 0.3 is 0 Å².